The van der Waals surface area contributed by atoms with Crippen molar-refractivity contribution in [3.63, 3.8) is 0 Å². The number of phenolic OH excluding ortho intramolecular Hbond substituents is 2. The molecule has 2 heterocycles. The van der Waals surface area contributed by atoms with Crippen molar-refractivity contribution in [3.05, 3.63) is 187 Å². The number of benzene rings is 6. The van der Waals surface area contributed by atoms with Crippen molar-refractivity contribution >= 4 is 45.5 Å². The maximum Gasteiger partial charge on any atom is 0.269 e. The summed E-state index contributed by atoms with van der Waals surface area (Å²) in [5.74, 6) is 0.240. The molecule has 0 aliphatic carbocycles. The Labute approximate surface area is 315 Å². The van der Waals surface area contributed by atoms with Crippen molar-refractivity contribution in [1.82, 2.24) is 0 Å². The maximum atomic E-state index is 11.3. The minimum atomic E-state index is -0.432. The highest BCUT2D eigenvalue weighted by atomic mass is 16.6. The molecule has 2 unspecified atom stereocenters. The second-order valence-electron chi connectivity index (χ2n) is 13.5. The van der Waals surface area contributed by atoms with Crippen molar-refractivity contribution in [2.24, 2.45) is 9.98 Å². The minimum Gasteiger partial charge on any atom is -0.508 e. The summed E-state index contributed by atoms with van der Waals surface area (Å²) in [4.78, 5) is 31.6. The lowest BCUT2D eigenvalue weighted by atomic mass is 9.92. The van der Waals surface area contributed by atoms with Gasteiger partial charge in [-0.25, -0.2) is 0 Å². The lowest BCUT2D eigenvalue weighted by Gasteiger charge is -2.22. The number of nitro benzene ring substituents is 2. The first-order valence-electron chi connectivity index (χ1n) is 17.7. The molecule has 0 fully saturated rings. The molecule has 2 atom stereocenters. The van der Waals surface area contributed by atoms with Crippen LogP contribution < -0.4 is 10.6 Å². The predicted molar refractivity (Wildman–Crippen MR) is 212 cm³/mol. The van der Waals surface area contributed by atoms with Crippen molar-refractivity contribution in [2.45, 2.75) is 31.3 Å². The van der Waals surface area contributed by atoms with Gasteiger partial charge in [-0.05, 0) is 101 Å². The van der Waals surface area contributed by atoms with Gasteiger partial charge < -0.3 is 20.8 Å². The molecule has 0 saturated heterocycles. The standard InChI is InChI=1S/C43H34N6O6/c50-42-19-9-26(22-32(42)40-24-38(28-11-15-30(16-12-28)48(52)53)44-34-5-1-3-7-36(34)46-40)21-27-10-20-43(51)33(23-27)41-25-39(29-13-17-31(18-14-29)49(54)55)45-35-6-2-4-8-37(35)47-41/h1-20,22-23,40-41,46-47,50-51H,21,24-25H2. The van der Waals surface area contributed by atoms with Crippen molar-refractivity contribution < 1.29 is 20.1 Å². The fourth-order valence-corrected chi connectivity index (χ4v) is 7.15. The number of anilines is 2. The van der Waals surface area contributed by atoms with Crippen LogP contribution in [-0.4, -0.2) is 31.5 Å². The number of nitrogens with zero attached hydrogens (tertiary/aromatic N) is 4. The van der Waals surface area contributed by atoms with E-state index < -0.39 is 9.85 Å². The lowest BCUT2D eigenvalue weighted by molar-refractivity contribution is -0.385. The van der Waals surface area contributed by atoms with E-state index in [-0.39, 0.29) is 35.0 Å². The number of aromatic hydroxyl groups is 2. The minimum absolute atomic E-state index is 0.00603. The first-order chi connectivity index (χ1) is 26.7. The van der Waals surface area contributed by atoms with Crippen LogP contribution in [0, 0.1) is 20.2 Å². The molecule has 2 aliphatic heterocycles. The van der Waals surface area contributed by atoms with E-state index >= 15 is 0 Å². The summed E-state index contributed by atoms with van der Waals surface area (Å²) in [6.07, 6.45) is 1.31. The summed E-state index contributed by atoms with van der Waals surface area (Å²) in [5, 5.41) is 52.2. The van der Waals surface area contributed by atoms with Gasteiger partial charge in [-0.15, -0.1) is 0 Å². The number of fused-ring (bicyclic) bond motifs is 2. The van der Waals surface area contributed by atoms with Crippen LogP contribution in [0.4, 0.5) is 34.1 Å². The van der Waals surface area contributed by atoms with Gasteiger partial charge in [0.25, 0.3) is 11.4 Å². The first-order valence-corrected chi connectivity index (χ1v) is 17.7. The van der Waals surface area contributed by atoms with Gasteiger partial charge in [0.1, 0.15) is 11.5 Å². The van der Waals surface area contributed by atoms with Crippen LogP contribution in [0.15, 0.2) is 143 Å². The van der Waals surface area contributed by atoms with Crippen LogP contribution in [0.25, 0.3) is 0 Å². The second-order valence-corrected chi connectivity index (χ2v) is 13.5. The molecule has 2 aliphatic rings. The molecular weight excluding hydrogens is 697 g/mol. The van der Waals surface area contributed by atoms with Crippen LogP contribution in [0.3, 0.4) is 0 Å². The zero-order chi connectivity index (χ0) is 38.1. The van der Waals surface area contributed by atoms with Crippen molar-refractivity contribution in [2.75, 3.05) is 10.6 Å². The molecule has 12 nitrogen and oxygen atoms in total. The number of non-ortho nitro benzene ring substituents is 2. The molecule has 12 heteroatoms. The van der Waals surface area contributed by atoms with Gasteiger partial charge in [0.2, 0.25) is 0 Å². The molecule has 8 rings (SSSR count). The lowest BCUT2D eigenvalue weighted by Crippen LogP contribution is -2.15. The van der Waals surface area contributed by atoms with E-state index in [4.69, 9.17) is 9.98 Å². The Bertz CT molecular complexity index is 2340. The van der Waals surface area contributed by atoms with E-state index in [1.54, 1.807) is 36.4 Å². The van der Waals surface area contributed by atoms with E-state index in [1.165, 1.54) is 24.3 Å². The number of phenols is 2. The van der Waals surface area contributed by atoms with Gasteiger partial charge in [-0.3, -0.25) is 30.2 Å². The van der Waals surface area contributed by atoms with Gasteiger partial charge >= 0.3 is 0 Å². The van der Waals surface area contributed by atoms with Gasteiger partial charge in [0.05, 0.1) is 56.1 Å². The molecule has 6 aromatic carbocycles. The van der Waals surface area contributed by atoms with E-state index in [0.717, 1.165) is 56.4 Å². The highest BCUT2D eigenvalue weighted by molar-refractivity contribution is 6.05. The zero-order valence-corrected chi connectivity index (χ0v) is 29.3. The van der Waals surface area contributed by atoms with Gasteiger partial charge in [0, 0.05) is 48.2 Å². The van der Waals surface area contributed by atoms with Crippen LogP contribution in [-0.2, 0) is 6.42 Å². The fraction of sp³-hybridized carbons (Fsp3) is 0.116. The highest BCUT2D eigenvalue weighted by Crippen LogP contribution is 2.41. The number of hydrogen-bond donors (Lipinski definition) is 4. The van der Waals surface area contributed by atoms with Crippen LogP contribution in [0.1, 0.15) is 58.3 Å². The van der Waals surface area contributed by atoms with E-state index in [0.29, 0.717) is 30.4 Å². The molecule has 0 bridgehead atoms. The molecule has 0 saturated carbocycles. The van der Waals surface area contributed by atoms with Crippen molar-refractivity contribution in [3.8, 4) is 11.5 Å². The summed E-state index contributed by atoms with van der Waals surface area (Å²) in [6.45, 7) is 0. The zero-order valence-electron chi connectivity index (χ0n) is 29.3. The molecule has 0 spiro atoms. The smallest absolute Gasteiger partial charge is 0.269 e. The van der Waals surface area contributed by atoms with Gasteiger partial charge in [-0.2, -0.15) is 0 Å². The Morgan fingerprint density at radius 3 is 1.36 bits per heavy atom. The average Bonchev–Trinajstić information content (AvgIpc) is 3.52. The fourth-order valence-electron chi connectivity index (χ4n) is 7.15. The summed E-state index contributed by atoms with van der Waals surface area (Å²) in [7, 11) is 0. The van der Waals surface area contributed by atoms with Gasteiger partial charge in [0.15, 0.2) is 0 Å². The number of aliphatic imine (C=N–C) groups is 2. The van der Waals surface area contributed by atoms with Crippen LogP contribution >= 0.6 is 0 Å². The molecule has 6 aromatic rings. The molecule has 0 radical (unpaired) electrons. The summed E-state index contributed by atoms with van der Waals surface area (Å²) < 4.78 is 0. The highest BCUT2D eigenvalue weighted by Gasteiger charge is 2.26. The summed E-state index contributed by atoms with van der Waals surface area (Å²) in [5.41, 5.74) is 9.19. The molecule has 272 valence electrons. The van der Waals surface area contributed by atoms with E-state index in [2.05, 4.69) is 10.6 Å². The second kappa shape index (κ2) is 14.6. The summed E-state index contributed by atoms with van der Waals surface area (Å²) >= 11 is 0. The van der Waals surface area contributed by atoms with Crippen LogP contribution in [0.5, 0.6) is 11.5 Å². The number of hydrogen-bond acceptors (Lipinski definition) is 10. The van der Waals surface area contributed by atoms with E-state index in [1.807, 2.05) is 72.8 Å². The van der Waals surface area contributed by atoms with Crippen molar-refractivity contribution in [1.29, 1.82) is 0 Å². The maximum absolute atomic E-state index is 11.3. The Hall–Kier alpha value is -7.34. The third-order valence-electron chi connectivity index (χ3n) is 9.94. The predicted octanol–water partition coefficient (Wildman–Crippen LogP) is 9.86. The normalized spacial score (nSPS) is 16.1. The number of nitrogens with one attached hydrogen (secondary N) is 2. The quantitative estimate of drug-likeness (QED) is 0.0884. The first kappa shape index (κ1) is 34.7. The number of para-hydroxylation sites is 4. The SMILES string of the molecule is O=[N+]([O-])c1ccc(C2=Nc3ccccc3NC(c3cc(Cc4ccc(O)c(C5CC(c6ccc([N+](=O)[O-])cc6)=Nc6ccccc6N5)c4)ccc3O)C2)cc1. The molecule has 0 amide bonds. The van der Waals surface area contributed by atoms with E-state index in [9.17, 15) is 30.4 Å². The van der Waals surface area contributed by atoms with Crippen LogP contribution in [0.2, 0.25) is 0 Å². The number of nitro groups is 2. The number of rotatable bonds is 8. The molecule has 0 aromatic heterocycles. The largest absolute Gasteiger partial charge is 0.508 e. The Balaban J connectivity index is 1.09. The molecule has 55 heavy (non-hydrogen) atoms. The average molecular weight is 731 g/mol. The van der Waals surface area contributed by atoms with Gasteiger partial charge in [-0.1, -0.05) is 36.4 Å². The molecular formula is C43H34N6O6. The Kier molecular flexibility index (Phi) is 9.21. The Morgan fingerprint density at radius 1 is 0.564 bits per heavy atom. The topological polar surface area (TPSA) is 176 Å². The summed E-state index contributed by atoms with van der Waals surface area (Å²) in [6, 6.07) is 38.3. The third-order valence-corrected chi connectivity index (χ3v) is 9.94. The Morgan fingerprint density at radius 2 is 0.964 bits per heavy atom. The third kappa shape index (κ3) is 7.33. The monoisotopic (exact) mass is 730 g/mol. The molecule has 4 N–H and O–H groups in total.